The van der Waals surface area contributed by atoms with Crippen LogP contribution in [0.1, 0.15) is 113 Å². The molecule has 0 saturated heterocycles. The second-order valence-electron chi connectivity index (χ2n) is 11.7. The maximum absolute atomic E-state index is 5.00. The summed E-state index contributed by atoms with van der Waals surface area (Å²) in [5.41, 5.74) is 11.3. The third-order valence-corrected chi connectivity index (χ3v) is 7.19. The standard InChI is InChI=1S/C36H42N4.4BrH.2Ni/c1-23(2)31-17-27(18-32(24(3)4)35(31)39-21-29-13-9-11-15-37-29)28-19-33(25(5)6)36(34(20-28)26(7)8)40-22-30-14-10-12-16-38-30;;;;;;/h9-26H,1-8H3;4*1H;;. The van der Waals surface area contributed by atoms with Crippen molar-refractivity contribution >= 4 is 91.7 Å². The van der Waals surface area contributed by atoms with Gasteiger partial charge < -0.3 is 0 Å². The van der Waals surface area contributed by atoms with Gasteiger partial charge in [0.15, 0.2) is 0 Å². The first-order chi connectivity index (χ1) is 19.2. The Bertz CT molecular complexity index is 1340. The van der Waals surface area contributed by atoms with Crippen molar-refractivity contribution in [3.8, 4) is 11.1 Å². The number of pyridine rings is 2. The molecule has 4 nitrogen and oxygen atoms in total. The molecule has 0 N–H and O–H groups in total. The number of aliphatic imine (C=N–C) groups is 2. The van der Waals surface area contributed by atoms with Gasteiger partial charge in [-0.1, -0.05) is 67.5 Å². The van der Waals surface area contributed by atoms with E-state index in [1.54, 1.807) is 12.4 Å². The van der Waals surface area contributed by atoms with Gasteiger partial charge in [-0.15, -0.1) is 67.9 Å². The minimum atomic E-state index is 0. The number of hydrogen-bond acceptors (Lipinski definition) is 4. The third kappa shape index (κ3) is 12.8. The van der Waals surface area contributed by atoms with Gasteiger partial charge in [-0.2, -0.15) is 0 Å². The first-order valence-corrected chi connectivity index (χ1v) is 14.4. The number of rotatable bonds is 9. The quantitative estimate of drug-likeness (QED) is 0.124. The zero-order chi connectivity index (χ0) is 28.8. The van der Waals surface area contributed by atoms with Gasteiger partial charge in [0.25, 0.3) is 0 Å². The monoisotopic (exact) mass is 966 g/mol. The maximum Gasteiger partial charge on any atom is 0.0812 e. The van der Waals surface area contributed by atoms with Crippen LogP contribution in [0.25, 0.3) is 11.1 Å². The van der Waals surface area contributed by atoms with Crippen LogP contribution in [-0.4, -0.2) is 22.4 Å². The van der Waals surface area contributed by atoms with Crippen LogP contribution in [-0.2, 0) is 33.0 Å². The van der Waals surface area contributed by atoms with Crippen molar-refractivity contribution in [2.75, 3.05) is 0 Å². The van der Waals surface area contributed by atoms with Gasteiger partial charge in [-0.25, -0.2) is 0 Å². The maximum atomic E-state index is 5.00. The van der Waals surface area contributed by atoms with Crippen LogP contribution in [0.4, 0.5) is 11.4 Å². The van der Waals surface area contributed by atoms with Gasteiger partial charge in [0, 0.05) is 45.4 Å². The zero-order valence-corrected chi connectivity index (χ0v) is 36.3. The Morgan fingerprint density at radius 3 is 0.978 bits per heavy atom. The number of nitrogens with zero attached hydrogens (tertiary/aromatic N) is 4. The third-order valence-electron chi connectivity index (χ3n) is 7.19. The van der Waals surface area contributed by atoms with Crippen LogP contribution in [0.2, 0.25) is 0 Å². The molecule has 10 heteroatoms. The van der Waals surface area contributed by atoms with Gasteiger partial charge in [-0.05, 0) is 106 Å². The second kappa shape index (κ2) is 23.4. The van der Waals surface area contributed by atoms with Crippen molar-refractivity contribution in [1.82, 2.24) is 9.97 Å². The summed E-state index contributed by atoms with van der Waals surface area (Å²) >= 11 is 0. The predicted molar refractivity (Wildman–Crippen MR) is 213 cm³/mol. The summed E-state index contributed by atoms with van der Waals surface area (Å²) in [7, 11) is 0. The average Bonchev–Trinajstić information content (AvgIpc) is 2.95. The van der Waals surface area contributed by atoms with Crippen molar-refractivity contribution in [2.45, 2.75) is 79.1 Å². The normalized spacial score (nSPS) is 10.6. The first kappa shape index (κ1) is 49.4. The molecule has 4 aromatic rings. The van der Waals surface area contributed by atoms with Crippen LogP contribution in [0.5, 0.6) is 0 Å². The molecule has 0 aliphatic rings. The molecule has 2 aromatic carbocycles. The van der Waals surface area contributed by atoms with Gasteiger partial charge in [0.05, 0.1) is 35.2 Å². The van der Waals surface area contributed by atoms with Crippen molar-refractivity contribution in [3.63, 3.8) is 0 Å². The Morgan fingerprint density at radius 1 is 0.478 bits per heavy atom. The topological polar surface area (TPSA) is 50.5 Å². The average molecular weight is 972 g/mol. The van der Waals surface area contributed by atoms with Crippen LogP contribution in [0.15, 0.2) is 83.0 Å². The molecular weight excluding hydrogens is 925 g/mol. The van der Waals surface area contributed by atoms with Crippen molar-refractivity contribution in [2.24, 2.45) is 9.98 Å². The number of aromatic nitrogens is 2. The van der Waals surface area contributed by atoms with E-state index in [2.05, 4.69) is 89.6 Å². The van der Waals surface area contributed by atoms with E-state index in [1.165, 1.54) is 33.4 Å². The van der Waals surface area contributed by atoms with Gasteiger partial charge in [-0.3, -0.25) is 20.0 Å². The Hall–Kier alpha value is -1.01. The first-order valence-electron chi connectivity index (χ1n) is 14.4. The summed E-state index contributed by atoms with van der Waals surface area (Å²) in [6.07, 6.45) is 7.38. The largest absolute Gasteiger partial charge is 0.255 e. The molecule has 0 radical (unpaired) electrons. The fourth-order valence-electron chi connectivity index (χ4n) is 4.92. The number of halogens is 4. The fraction of sp³-hybridized carbons (Fsp3) is 0.333. The summed E-state index contributed by atoms with van der Waals surface area (Å²) in [6.45, 7) is 18.0. The van der Waals surface area contributed by atoms with E-state index in [9.17, 15) is 0 Å². The Kier molecular flexibility index (Phi) is 25.1. The van der Waals surface area contributed by atoms with Gasteiger partial charge >= 0.3 is 0 Å². The van der Waals surface area contributed by atoms with Crippen LogP contribution < -0.4 is 0 Å². The molecule has 0 spiro atoms. The van der Waals surface area contributed by atoms with Crippen molar-refractivity contribution in [1.29, 1.82) is 0 Å². The van der Waals surface area contributed by atoms with Crippen molar-refractivity contribution in [3.05, 3.63) is 107 Å². The molecule has 4 rings (SSSR count). The summed E-state index contributed by atoms with van der Waals surface area (Å²) in [5, 5.41) is 0. The molecular formula is C36H46Br4N4Ni2. The minimum absolute atomic E-state index is 0. The summed E-state index contributed by atoms with van der Waals surface area (Å²) < 4.78 is 0. The Labute approximate surface area is 338 Å². The SMILES string of the molecule is Br.Br.Br.Br.CC(C)c1cc(-c2cc(C(C)C)c(N=Cc3ccccn3)c(C(C)C)c2)cc(C(C)C)c1N=Cc1ccccn1.[Ni].[Ni]. The van der Waals surface area contributed by atoms with Crippen LogP contribution >= 0.6 is 67.9 Å². The minimum Gasteiger partial charge on any atom is -0.255 e. The molecule has 0 aliphatic carbocycles. The molecule has 0 atom stereocenters. The number of hydrogen-bond donors (Lipinski definition) is 0. The molecule has 0 saturated carbocycles. The molecule has 0 fully saturated rings. The van der Waals surface area contributed by atoms with Crippen molar-refractivity contribution < 1.29 is 33.0 Å². The molecule has 0 unspecified atom stereocenters. The molecule has 0 bridgehead atoms. The molecule has 2 aromatic heterocycles. The van der Waals surface area contributed by atoms with E-state index in [0.717, 1.165) is 22.8 Å². The smallest absolute Gasteiger partial charge is 0.0812 e. The number of benzene rings is 2. The molecule has 2 heterocycles. The van der Waals surface area contributed by atoms with E-state index >= 15 is 0 Å². The molecule has 0 amide bonds. The second-order valence-corrected chi connectivity index (χ2v) is 11.7. The Morgan fingerprint density at radius 2 is 0.761 bits per heavy atom. The predicted octanol–water partition coefficient (Wildman–Crippen LogP) is 12.4. The zero-order valence-electron chi connectivity index (χ0n) is 27.4. The van der Waals surface area contributed by atoms with E-state index in [4.69, 9.17) is 9.98 Å². The van der Waals surface area contributed by atoms with Gasteiger partial charge in [0.2, 0.25) is 0 Å². The van der Waals surface area contributed by atoms with E-state index in [1.807, 2.05) is 48.8 Å². The summed E-state index contributed by atoms with van der Waals surface area (Å²) in [5.74, 6) is 1.30. The van der Waals surface area contributed by atoms with E-state index < -0.39 is 0 Å². The van der Waals surface area contributed by atoms with Crippen LogP contribution in [0, 0.1) is 0 Å². The molecule has 258 valence electrons. The summed E-state index contributed by atoms with van der Waals surface area (Å²) in [6, 6.07) is 21.2. The molecule has 46 heavy (non-hydrogen) atoms. The summed E-state index contributed by atoms with van der Waals surface area (Å²) in [4.78, 5) is 18.9. The Balaban J connectivity index is -0.00000308. The van der Waals surface area contributed by atoms with Crippen LogP contribution in [0.3, 0.4) is 0 Å². The van der Waals surface area contributed by atoms with Gasteiger partial charge in [0.1, 0.15) is 0 Å². The molecule has 0 aliphatic heterocycles. The fourth-order valence-corrected chi connectivity index (χ4v) is 4.92. The van der Waals surface area contributed by atoms with E-state index in [-0.39, 0.29) is 101 Å². The van der Waals surface area contributed by atoms with E-state index in [0.29, 0.717) is 23.7 Å².